The van der Waals surface area contributed by atoms with E-state index in [1.54, 1.807) is 54.6 Å². The molecule has 0 saturated carbocycles. The van der Waals surface area contributed by atoms with Gasteiger partial charge >= 0.3 is 0 Å². The van der Waals surface area contributed by atoms with Crippen LogP contribution in [-0.4, -0.2) is 20.0 Å². The standard InChI is InChI=1S/C22H15ClN2O4S/c23-19-20(22(27)18-9-5-4-8-17(18)21(19)26)24-14-10-12-16(13-11-14)30(28,29)25-15-6-2-1-3-7-15/h1-13,24-25H. The Hall–Kier alpha value is -3.42. The molecule has 6 nitrogen and oxygen atoms in total. The zero-order valence-corrected chi connectivity index (χ0v) is 17.0. The Labute approximate surface area is 178 Å². The first-order chi connectivity index (χ1) is 14.4. The summed E-state index contributed by atoms with van der Waals surface area (Å²) in [4.78, 5) is 25.2. The number of carbonyl (C=O) groups is 2. The lowest BCUT2D eigenvalue weighted by Gasteiger charge is -2.19. The quantitative estimate of drug-likeness (QED) is 0.614. The third-order valence-electron chi connectivity index (χ3n) is 4.52. The molecule has 4 rings (SSSR count). The molecular formula is C22H15ClN2O4S. The fraction of sp³-hybridized carbons (Fsp3) is 0. The Morgan fingerprint density at radius 1 is 0.667 bits per heavy atom. The second kappa shape index (κ2) is 7.78. The molecule has 0 aromatic heterocycles. The molecule has 0 saturated heterocycles. The monoisotopic (exact) mass is 438 g/mol. The number of sulfonamides is 1. The van der Waals surface area contributed by atoms with Gasteiger partial charge in [0.05, 0.1) is 4.90 Å². The molecule has 0 spiro atoms. The van der Waals surface area contributed by atoms with Crippen LogP contribution in [0.4, 0.5) is 11.4 Å². The van der Waals surface area contributed by atoms with Gasteiger partial charge in [0.15, 0.2) is 0 Å². The minimum atomic E-state index is -3.77. The summed E-state index contributed by atoms with van der Waals surface area (Å²) in [7, 11) is -3.77. The van der Waals surface area contributed by atoms with Crippen molar-refractivity contribution in [3.8, 4) is 0 Å². The Kier molecular flexibility index (Phi) is 5.15. The molecule has 0 atom stereocenters. The van der Waals surface area contributed by atoms with E-state index in [1.165, 1.54) is 24.3 Å². The van der Waals surface area contributed by atoms with Gasteiger partial charge in [-0.25, -0.2) is 8.42 Å². The maximum absolute atomic E-state index is 12.7. The molecule has 2 N–H and O–H groups in total. The van der Waals surface area contributed by atoms with Crippen LogP contribution < -0.4 is 10.0 Å². The highest BCUT2D eigenvalue weighted by Gasteiger charge is 2.31. The number of carbonyl (C=O) groups excluding carboxylic acids is 2. The number of fused-ring (bicyclic) bond motifs is 1. The molecule has 3 aromatic carbocycles. The highest BCUT2D eigenvalue weighted by Crippen LogP contribution is 2.29. The van der Waals surface area contributed by atoms with Crippen LogP contribution in [0.5, 0.6) is 0 Å². The van der Waals surface area contributed by atoms with Gasteiger partial charge in [-0.1, -0.05) is 54.1 Å². The van der Waals surface area contributed by atoms with Crippen molar-refractivity contribution < 1.29 is 18.0 Å². The maximum atomic E-state index is 12.7. The van der Waals surface area contributed by atoms with Gasteiger partial charge in [0, 0.05) is 22.5 Å². The molecule has 3 aromatic rings. The van der Waals surface area contributed by atoms with Gasteiger partial charge in [-0.3, -0.25) is 14.3 Å². The maximum Gasteiger partial charge on any atom is 0.261 e. The van der Waals surface area contributed by atoms with Gasteiger partial charge in [0.2, 0.25) is 11.6 Å². The van der Waals surface area contributed by atoms with Crippen LogP contribution in [0.2, 0.25) is 0 Å². The summed E-state index contributed by atoms with van der Waals surface area (Å²) in [5.74, 6) is -0.849. The van der Waals surface area contributed by atoms with Gasteiger partial charge in [0.1, 0.15) is 10.7 Å². The molecule has 0 radical (unpaired) electrons. The lowest BCUT2D eigenvalue weighted by molar-refractivity contribution is 0.0982. The average Bonchev–Trinajstić information content (AvgIpc) is 2.76. The number of rotatable bonds is 5. The number of hydrogen-bond donors (Lipinski definition) is 2. The Morgan fingerprint density at radius 3 is 1.87 bits per heavy atom. The number of anilines is 2. The Bertz CT molecular complexity index is 1280. The summed E-state index contributed by atoms with van der Waals surface area (Å²) >= 11 is 6.14. The van der Waals surface area contributed by atoms with Crippen LogP contribution in [0.25, 0.3) is 0 Å². The summed E-state index contributed by atoms with van der Waals surface area (Å²) in [6.07, 6.45) is 0. The van der Waals surface area contributed by atoms with E-state index in [-0.39, 0.29) is 26.8 Å². The van der Waals surface area contributed by atoms with Crippen molar-refractivity contribution in [3.05, 3.63) is 101 Å². The lowest BCUT2D eigenvalue weighted by Crippen LogP contribution is -2.24. The molecule has 8 heteroatoms. The molecule has 0 fully saturated rings. The van der Waals surface area contributed by atoms with Crippen LogP contribution in [0.15, 0.2) is 94.5 Å². The fourth-order valence-electron chi connectivity index (χ4n) is 3.04. The van der Waals surface area contributed by atoms with Crippen molar-refractivity contribution >= 4 is 44.6 Å². The average molecular weight is 439 g/mol. The molecule has 0 heterocycles. The first-order valence-corrected chi connectivity index (χ1v) is 10.8. The fourth-order valence-corrected chi connectivity index (χ4v) is 4.33. The molecule has 1 aliphatic rings. The molecule has 0 bridgehead atoms. The minimum Gasteiger partial charge on any atom is -0.351 e. The number of benzene rings is 3. The zero-order valence-electron chi connectivity index (χ0n) is 15.4. The van der Waals surface area contributed by atoms with Crippen LogP contribution in [0, 0.1) is 0 Å². The van der Waals surface area contributed by atoms with E-state index >= 15 is 0 Å². The third-order valence-corrected chi connectivity index (χ3v) is 6.28. The van der Waals surface area contributed by atoms with E-state index in [9.17, 15) is 18.0 Å². The summed E-state index contributed by atoms with van der Waals surface area (Å²) in [6.45, 7) is 0. The van der Waals surface area contributed by atoms with Gasteiger partial charge < -0.3 is 5.32 Å². The number of ketones is 2. The normalized spacial score (nSPS) is 13.8. The number of allylic oxidation sites excluding steroid dienone is 2. The van der Waals surface area contributed by atoms with Crippen molar-refractivity contribution in [1.82, 2.24) is 0 Å². The predicted octanol–water partition coefficient (Wildman–Crippen LogP) is 4.43. The highest BCUT2D eigenvalue weighted by atomic mass is 35.5. The zero-order chi connectivity index (χ0) is 21.3. The van der Waals surface area contributed by atoms with E-state index in [0.717, 1.165) is 0 Å². The third kappa shape index (κ3) is 3.72. The van der Waals surface area contributed by atoms with Crippen LogP contribution >= 0.6 is 11.6 Å². The van der Waals surface area contributed by atoms with Gasteiger partial charge in [-0.2, -0.15) is 0 Å². The SMILES string of the molecule is O=C1C(Cl)=C(Nc2ccc(S(=O)(=O)Nc3ccccc3)cc2)C(=O)c2ccccc21. The highest BCUT2D eigenvalue weighted by molar-refractivity contribution is 7.92. The Balaban J connectivity index is 1.58. The van der Waals surface area contributed by atoms with Gasteiger partial charge in [-0.15, -0.1) is 0 Å². The number of halogens is 1. The van der Waals surface area contributed by atoms with E-state index in [0.29, 0.717) is 11.4 Å². The van der Waals surface area contributed by atoms with E-state index < -0.39 is 21.6 Å². The molecule has 30 heavy (non-hydrogen) atoms. The Morgan fingerprint density at radius 2 is 1.23 bits per heavy atom. The molecule has 0 unspecified atom stereocenters. The number of hydrogen-bond acceptors (Lipinski definition) is 5. The summed E-state index contributed by atoms with van der Waals surface area (Å²) in [6, 6.07) is 20.7. The first-order valence-electron chi connectivity index (χ1n) is 8.90. The minimum absolute atomic E-state index is 0.0432. The second-order valence-electron chi connectivity index (χ2n) is 6.51. The summed E-state index contributed by atoms with van der Waals surface area (Å²) < 4.78 is 27.5. The first kappa shape index (κ1) is 19.9. The van der Waals surface area contributed by atoms with Gasteiger partial charge in [0.25, 0.3) is 10.0 Å². The number of para-hydroxylation sites is 1. The van der Waals surface area contributed by atoms with Crippen molar-refractivity contribution in [2.24, 2.45) is 0 Å². The summed E-state index contributed by atoms with van der Waals surface area (Å²) in [5, 5.41) is 2.63. The largest absolute Gasteiger partial charge is 0.351 e. The topological polar surface area (TPSA) is 92.3 Å². The van der Waals surface area contributed by atoms with Crippen LogP contribution in [0.3, 0.4) is 0 Å². The van der Waals surface area contributed by atoms with Crippen molar-refractivity contribution in [1.29, 1.82) is 0 Å². The van der Waals surface area contributed by atoms with Crippen LogP contribution in [0.1, 0.15) is 20.7 Å². The molecule has 150 valence electrons. The smallest absolute Gasteiger partial charge is 0.261 e. The van der Waals surface area contributed by atoms with Crippen molar-refractivity contribution in [3.63, 3.8) is 0 Å². The van der Waals surface area contributed by atoms with Gasteiger partial charge in [-0.05, 0) is 36.4 Å². The van der Waals surface area contributed by atoms with E-state index in [2.05, 4.69) is 10.0 Å². The lowest BCUT2D eigenvalue weighted by atomic mass is 9.92. The van der Waals surface area contributed by atoms with Crippen molar-refractivity contribution in [2.75, 3.05) is 10.0 Å². The van der Waals surface area contributed by atoms with E-state index in [1.807, 2.05) is 0 Å². The molecule has 0 amide bonds. The molecular weight excluding hydrogens is 424 g/mol. The number of Topliss-reactive ketones (excluding diaryl/α,β-unsaturated/α-hetero) is 2. The molecule has 0 aliphatic heterocycles. The van der Waals surface area contributed by atoms with Crippen molar-refractivity contribution in [2.45, 2.75) is 4.90 Å². The van der Waals surface area contributed by atoms with Crippen LogP contribution in [-0.2, 0) is 10.0 Å². The second-order valence-corrected chi connectivity index (χ2v) is 8.57. The predicted molar refractivity (Wildman–Crippen MR) is 115 cm³/mol. The summed E-state index contributed by atoms with van der Waals surface area (Å²) in [5.41, 5.74) is 1.34. The van der Waals surface area contributed by atoms with E-state index in [4.69, 9.17) is 11.6 Å². The number of nitrogens with one attached hydrogen (secondary N) is 2. The molecule has 1 aliphatic carbocycles.